The molecule has 12 nitrogen and oxygen atoms in total. The summed E-state index contributed by atoms with van der Waals surface area (Å²) < 4.78 is 31.9. The number of Topliss-reactive ketones (excluding diaryl/α,β-unsaturated/α-hetero) is 1. The molecule has 3 atom stereocenters. The lowest BCUT2D eigenvalue weighted by Crippen LogP contribution is -2.60. The number of ketones is 1. The molecule has 3 heterocycles. The number of carbonyl (C=O) groups is 4. The summed E-state index contributed by atoms with van der Waals surface area (Å²) in [6.07, 6.45) is 2.28. The molecule has 0 bridgehead atoms. The van der Waals surface area contributed by atoms with Crippen molar-refractivity contribution in [3.05, 3.63) is 66.0 Å². The Balaban J connectivity index is 1.29. The minimum absolute atomic E-state index is 0.0181. The van der Waals surface area contributed by atoms with E-state index in [2.05, 4.69) is 20.0 Å². The molecule has 2 aliphatic rings. The van der Waals surface area contributed by atoms with Crippen LogP contribution in [0.5, 0.6) is 0 Å². The fourth-order valence-corrected chi connectivity index (χ4v) is 6.89. The molecule has 40 heavy (non-hydrogen) atoms. The summed E-state index contributed by atoms with van der Waals surface area (Å²) in [7, 11) is -2.67. The van der Waals surface area contributed by atoms with E-state index in [1.165, 1.54) is 15.5 Å². The second-order valence-electron chi connectivity index (χ2n) is 9.96. The minimum atomic E-state index is -3.75. The standard InChI is InChI=1S/C27H29N5O7S/c1-39-27(36)25(34)22(12-18-7-9-20-21(11-18)29-16-28-20)30-26(35)23-10-8-19-13-31(14-24(33)32(19)23)40(37,38)15-17-5-3-2-4-6-17/h2-7,9,11,16,19,22-23H,8,10,12-15H2,1H3,(H,28,29)(H,30,35)/t19?,22?,23-/m0/s1. The number of nitrogens with zero attached hydrogens (tertiary/aromatic N) is 3. The zero-order valence-electron chi connectivity index (χ0n) is 21.8. The van der Waals surface area contributed by atoms with Gasteiger partial charge in [0, 0.05) is 19.0 Å². The fraction of sp³-hybridized carbons (Fsp3) is 0.370. The lowest BCUT2D eigenvalue weighted by molar-refractivity contribution is -0.153. The number of esters is 1. The van der Waals surface area contributed by atoms with Crippen molar-refractivity contribution in [3.63, 3.8) is 0 Å². The Labute approximate surface area is 230 Å². The first-order chi connectivity index (χ1) is 19.2. The van der Waals surface area contributed by atoms with Crippen molar-refractivity contribution in [2.24, 2.45) is 0 Å². The van der Waals surface area contributed by atoms with Crippen LogP contribution in [0.3, 0.4) is 0 Å². The Bertz CT molecular complexity index is 1560. The average Bonchev–Trinajstić information content (AvgIpc) is 3.59. The number of piperazine rings is 1. The highest BCUT2D eigenvalue weighted by atomic mass is 32.2. The lowest BCUT2D eigenvalue weighted by atomic mass is 10.0. The first-order valence-corrected chi connectivity index (χ1v) is 14.4. The SMILES string of the molecule is COC(=O)C(=O)C(Cc1ccc2nc[nH]c2c1)NC(=O)[C@@H]1CCC2CN(S(=O)(=O)Cc3ccccc3)CC(=O)N21. The van der Waals surface area contributed by atoms with Gasteiger partial charge in [-0.25, -0.2) is 18.2 Å². The van der Waals surface area contributed by atoms with Gasteiger partial charge in [-0.3, -0.25) is 14.4 Å². The maximum Gasteiger partial charge on any atom is 0.376 e. The van der Waals surface area contributed by atoms with Crippen molar-refractivity contribution in [3.8, 4) is 0 Å². The molecule has 1 aromatic heterocycles. The summed E-state index contributed by atoms with van der Waals surface area (Å²) in [6.45, 7) is -0.288. The van der Waals surface area contributed by atoms with Crippen molar-refractivity contribution in [2.45, 2.75) is 43.1 Å². The largest absolute Gasteiger partial charge is 0.463 e. The van der Waals surface area contributed by atoms with E-state index in [0.29, 0.717) is 24.0 Å². The molecule has 0 aliphatic carbocycles. The molecule has 2 aliphatic heterocycles. The number of carbonyl (C=O) groups excluding carboxylic acids is 4. The first kappa shape index (κ1) is 27.5. The molecule has 2 amide bonds. The highest BCUT2D eigenvalue weighted by Crippen LogP contribution is 2.30. The summed E-state index contributed by atoms with van der Waals surface area (Å²) in [5, 5.41) is 2.65. The molecular weight excluding hydrogens is 538 g/mol. The molecule has 3 aromatic rings. The van der Waals surface area contributed by atoms with E-state index in [0.717, 1.165) is 18.1 Å². The maximum absolute atomic E-state index is 13.4. The van der Waals surface area contributed by atoms with Gasteiger partial charge in [0.25, 0.3) is 5.78 Å². The summed E-state index contributed by atoms with van der Waals surface area (Å²) in [4.78, 5) is 60.0. The van der Waals surface area contributed by atoms with Crippen LogP contribution in [-0.2, 0) is 46.1 Å². The molecule has 13 heteroatoms. The number of aromatic amines is 1. The molecule has 0 radical (unpaired) electrons. The monoisotopic (exact) mass is 567 g/mol. The number of imidazole rings is 1. The quantitative estimate of drug-likeness (QED) is 0.280. The van der Waals surface area contributed by atoms with Crippen LogP contribution in [0.15, 0.2) is 54.9 Å². The molecule has 0 saturated carbocycles. The Morgan fingerprint density at radius 1 is 1.12 bits per heavy atom. The first-order valence-electron chi connectivity index (χ1n) is 12.8. The predicted octanol–water partition coefficient (Wildman–Crippen LogP) is 0.538. The number of benzene rings is 2. The van der Waals surface area contributed by atoms with Gasteiger partial charge in [-0.1, -0.05) is 36.4 Å². The number of aromatic nitrogens is 2. The Morgan fingerprint density at radius 3 is 2.65 bits per heavy atom. The van der Waals surface area contributed by atoms with Gasteiger partial charge in [-0.05, 0) is 36.1 Å². The number of methoxy groups -OCH3 is 1. The van der Waals surface area contributed by atoms with Crippen LogP contribution in [0.25, 0.3) is 11.0 Å². The van der Waals surface area contributed by atoms with E-state index in [1.807, 2.05) is 0 Å². The number of H-pyrrole nitrogens is 1. The van der Waals surface area contributed by atoms with Gasteiger partial charge in [0.05, 0.1) is 36.8 Å². The van der Waals surface area contributed by atoms with E-state index in [1.54, 1.807) is 48.5 Å². The van der Waals surface area contributed by atoms with Crippen molar-refractivity contribution in [2.75, 3.05) is 20.2 Å². The minimum Gasteiger partial charge on any atom is -0.463 e. The lowest BCUT2D eigenvalue weighted by Gasteiger charge is -2.38. The van der Waals surface area contributed by atoms with Gasteiger partial charge in [0.1, 0.15) is 12.1 Å². The molecule has 2 unspecified atom stereocenters. The van der Waals surface area contributed by atoms with Crippen LogP contribution in [-0.4, -0.2) is 89.5 Å². The van der Waals surface area contributed by atoms with Gasteiger partial charge >= 0.3 is 5.97 Å². The normalized spacial score (nSPS) is 20.2. The molecule has 2 saturated heterocycles. The third kappa shape index (κ3) is 5.61. The number of ether oxygens (including phenoxy) is 1. The van der Waals surface area contributed by atoms with Crippen LogP contribution >= 0.6 is 0 Å². The molecule has 2 N–H and O–H groups in total. The van der Waals surface area contributed by atoms with Crippen molar-refractivity contribution < 1.29 is 32.3 Å². The zero-order valence-corrected chi connectivity index (χ0v) is 22.6. The topological polar surface area (TPSA) is 159 Å². The van der Waals surface area contributed by atoms with E-state index in [4.69, 9.17) is 0 Å². The van der Waals surface area contributed by atoms with Gasteiger partial charge in [-0.2, -0.15) is 4.31 Å². The van der Waals surface area contributed by atoms with Crippen molar-refractivity contribution in [1.82, 2.24) is 24.5 Å². The third-order valence-corrected chi connectivity index (χ3v) is 9.11. The number of hydrogen-bond acceptors (Lipinski definition) is 8. The van der Waals surface area contributed by atoms with Crippen LogP contribution in [0.2, 0.25) is 0 Å². The summed E-state index contributed by atoms with van der Waals surface area (Å²) in [5.74, 6) is -3.30. The second kappa shape index (κ2) is 11.2. The molecular formula is C27H29N5O7S. The van der Waals surface area contributed by atoms with Gasteiger partial charge in [-0.15, -0.1) is 0 Å². The van der Waals surface area contributed by atoms with Crippen LogP contribution in [0, 0.1) is 0 Å². The Morgan fingerprint density at radius 2 is 1.90 bits per heavy atom. The number of amides is 2. The van der Waals surface area contributed by atoms with Gasteiger partial charge in [0.2, 0.25) is 21.8 Å². The van der Waals surface area contributed by atoms with Gasteiger partial charge < -0.3 is 19.9 Å². The molecule has 5 rings (SSSR count). The number of hydrogen-bond donors (Lipinski definition) is 2. The molecule has 2 fully saturated rings. The smallest absolute Gasteiger partial charge is 0.376 e. The zero-order chi connectivity index (χ0) is 28.4. The Hall–Kier alpha value is -4.10. The number of fused-ring (bicyclic) bond motifs is 2. The second-order valence-corrected chi connectivity index (χ2v) is 11.9. The highest BCUT2D eigenvalue weighted by Gasteiger charge is 2.47. The molecule has 0 spiro atoms. The predicted molar refractivity (Wildman–Crippen MR) is 143 cm³/mol. The number of rotatable bonds is 9. The number of sulfonamides is 1. The van der Waals surface area contributed by atoms with Crippen molar-refractivity contribution in [1.29, 1.82) is 0 Å². The number of nitrogens with one attached hydrogen (secondary N) is 2. The molecule has 210 valence electrons. The van der Waals surface area contributed by atoms with Gasteiger partial charge in [0.15, 0.2) is 0 Å². The Kier molecular flexibility index (Phi) is 7.68. The van der Waals surface area contributed by atoms with E-state index in [-0.39, 0.29) is 25.3 Å². The van der Waals surface area contributed by atoms with Crippen LogP contribution < -0.4 is 5.32 Å². The molecule has 2 aromatic carbocycles. The summed E-state index contributed by atoms with van der Waals surface area (Å²) in [6, 6.07) is 11.4. The van der Waals surface area contributed by atoms with Crippen LogP contribution in [0.4, 0.5) is 0 Å². The third-order valence-electron chi connectivity index (χ3n) is 7.35. The highest BCUT2D eigenvalue weighted by molar-refractivity contribution is 7.88. The summed E-state index contributed by atoms with van der Waals surface area (Å²) in [5.41, 5.74) is 2.76. The average molecular weight is 568 g/mol. The van der Waals surface area contributed by atoms with Crippen molar-refractivity contribution >= 4 is 44.6 Å². The van der Waals surface area contributed by atoms with E-state index < -0.39 is 51.7 Å². The fourth-order valence-electron chi connectivity index (χ4n) is 5.38. The van der Waals surface area contributed by atoms with E-state index in [9.17, 15) is 27.6 Å². The van der Waals surface area contributed by atoms with E-state index >= 15 is 0 Å². The maximum atomic E-state index is 13.4. The van der Waals surface area contributed by atoms with Crippen LogP contribution in [0.1, 0.15) is 24.0 Å². The summed E-state index contributed by atoms with van der Waals surface area (Å²) >= 11 is 0.